The third-order valence-electron chi connectivity index (χ3n) is 3.42. The summed E-state index contributed by atoms with van der Waals surface area (Å²) in [5, 5.41) is 12.1. The number of aromatic nitrogens is 2. The number of hydrogen-bond acceptors (Lipinski definition) is 4. The minimum atomic E-state index is -0.0539. The summed E-state index contributed by atoms with van der Waals surface area (Å²) >= 11 is 5.23. The van der Waals surface area contributed by atoms with Gasteiger partial charge in [0.1, 0.15) is 4.99 Å². The maximum absolute atomic E-state index is 5.93. The normalized spacial score (nSPS) is 11.4. The first-order valence-corrected chi connectivity index (χ1v) is 7.73. The first kappa shape index (κ1) is 16.8. The number of anilines is 1. The van der Waals surface area contributed by atoms with Gasteiger partial charge in [-0.2, -0.15) is 5.10 Å². The van der Waals surface area contributed by atoms with Crippen LogP contribution >= 0.6 is 12.2 Å². The van der Waals surface area contributed by atoms with E-state index in [4.69, 9.17) is 18.0 Å². The fourth-order valence-electron chi connectivity index (χ4n) is 2.53. The second-order valence-electron chi connectivity index (χ2n) is 5.68. The van der Waals surface area contributed by atoms with E-state index in [1.807, 2.05) is 0 Å². The number of nitrogens with two attached hydrogens (primary N) is 1. The molecule has 1 aromatic heterocycles. The molecular formula is C15H26N4S. The molecule has 0 bridgehead atoms. The van der Waals surface area contributed by atoms with E-state index in [0.29, 0.717) is 10.8 Å². The molecular weight excluding hydrogens is 268 g/mol. The lowest BCUT2D eigenvalue weighted by Gasteiger charge is -2.28. The summed E-state index contributed by atoms with van der Waals surface area (Å²) in [5.41, 5.74) is 8.83. The van der Waals surface area contributed by atoms with Gasteiger partial charge in [-0.1, -0.05) is 39.4 Å². The van der Waals surface area contributed by atoms with Crippen LogP contribution in [0.1, 0.15) is 64.3 Å². The predicted octanol–water partition coefficient (Wildman–Crippen LogP) is 3.23. The van der Waals surface area contributed by atoms with E-state index in [-0.39, 0.29) is 5.54 Å². The minimum absolute atomic E-state index is 0.0539. The highest BCUT2D eigenvalue weighted by Gasteiger charge is 2.22. The number of hydrogen-bond donors (Lipinski definition) is 2. The molecule has 20 heavy (non-hydrogen) atoms. The van der Waals surface area contributed by atoms with Crippen molar-refractivity contribution >= 4 is 23.0 Å². The molecule has 112 valence electrons. The fraction of sp³-hybridized carbons (Fsp3) is 0.667. The standard InChI is InChI=1S/C15H26N4S/c1-6-9-15(4,5)17-14-12(13(16)20)10(7-2)11(8-3)18-19-14/h6-9H2,1-5H3,(H2,16,20)(H,17,19). The van der Waals surface area contributed by atoms with E-state index in [0.717, 1.165) is 42.5 Å². The Bertz CT molecular complexity index is 483. The lowest BCUT2D eigenvalue weighted by molar-refractivity contribution is 0.507. The number of nitrogens with one attached hydrogen (secondary N) is 1. The largest absolute Gasteiger partial charge is 0.389 e. The first-order chi connectivity index (χ1) is 9.36. The van der Waals surface area contributed by atoms with Gasteiger partial charge in [-0.25, -0.2) is 0 Å². The number of rotatable bonds is 7. The minimum Gasteiger partial charge on any atom is -0.389 e. The van der Waals surface area contributed by atoms with E-state index in [2.05, 4.69) is 50.1 Å². The highest BCUT2D eigenvalue weighted by atomic mass is 32.1. The maximum atomic E-state index is 5.93. The monoisotopic (exact) mass is 294 g/mol. The summed E-state index contributed by atoms with van der Waals surface area (Å²) in [4.78, 5) is 0.390. The highest BCUT2D eigenvalue weighted by molar-refractivity contribution is 7.80. The second-order valence-corrected chi connectivity index (χ2v) is 6.12. The molecule has 1 rings (SSSR count). The molecule has 4 nitrogen and oxygen atoms in total. The zero-order valence-electron chi connectivity index (χ0n) is 13.2. The molecule has 0 aromatic carbocycles. The topological polar surface area (TPSA) is 63.8 Å². The van der Waals surface area contributed by atoms with Gasteiger partial charge >= 0.3 is 0 Å². The van der Waals surface area contributed by atoms with Crippen molar-refractivity contribution in [1.82, 2.24) is 10.2 Å². The Hall–Kier alpha value is -1.23. The third kappa shape index (κ3) is 3.88. The van der Waals surface area contributed by atoms with Gasteiger partial charge in [-0.15, -0.1) is 5.10 Å². The summed E-state index contributed by atoms with van der Waals surface area (Å²) in [7, 11) is 0. The quantitative estimate of drug-likeness (QED) is 0.756. The average molecular weight is 294 g/mol. The maximum Gasteiger partial charge on any atom is 0.159 e. The summed E-state index contributed by atoms with van der Waals surface area (Å²) < 4.78 is 0. The van der Waals surface area contributed by atoms with Crippen LogP contribution in [0.4, 0.5) is 5.82 Å². The van der Waals surface area contributed by atoms with Crippen LogP contribution in [0.2, 0.25) is 0 Å². The predicted molar refractivity (Wildman–Crippen MR) is 89.3 cm³/mol. The van der Waals surface area contributed by atoms with Gasteiger partial charge in [0, 0.05) is 5.54 Å². The average Bonchev–Trinajstić information content (AvgIpc) is 2.36. The molecule has 0 saturated heterocycles. The summed E-state index contributed by atoms with van der Waals surface area (Å²) in [5.74, 6) is 0.713. The number of aryl methyl sites for hydroxylation is 1. The van der Waals surface area contributed by atoms with Gasteiger partial charge in [0.25, 0.3) is 0 Å². The van der Waals surface area contributed by atoms with Crippen LogP contribution in [0.3, 0.4) is 0 Å². The van der Waals surface area contributed by atoms with E-state index in [1.54, 1.807) is 0 Å². The van der Waals surface area contributed by atoms with E-state index in [9.17, 15) is 0 Å². The van der Waals surface area contributed by atoms with Crippen molar-refractivity contribution in [3.8, 4) is 0 Å². The van der Waals surface area contributed by atoms with Crippen LogP contribution in [-0.4, -0.2) is 20.7 Å². The Morgan fingerprint density at radius 3 is 2.30 bits per heavy atom. The van der Waals surface area contributed by atoms with Crippen molar-refractivity contribution < 1.29 is 0 Å². The zero-order chi connectivity index (χ0) is 15.3. The van der Waals surface area contributed by atoms with Crippen LogP contribution in [-0.2, 0) is 12.8 Å². The molecule has 0 aliphatic heterocycles. The zero-order valence-corrected chi connectivity index (χ0v) is 14.0. The molecule has 0 unspecified atom stereocenters. The molecule has 1 aromatic rings. The van der Waals surface area contributed by atoms with Crippen molar-refractivity contribution in [3.63, 3.8) is 0 Å². The van der Waals surface area contributed by atoms with Gasteiger partial charge in [-0.3, -0.25) is 0 Å². The van der Waals surface area contributed by atoms with Crippen LogP contribution in [0.25, 0.3) is 0 Å². The van der Waals surface area contributed by atoms with Crippen molar-refractivity contribution in [2.75, 3.05) is 5.32 Å². The number of nitrogens with zero attached hydrogens (tertiary/aromatic N) is 2. The van der Waals surface area contributed by atoms with Gasteiger partial charge < -0.3 is 11.1 Å². The lowest BCUT2D eigenvalue weighted by Crippen LogP contribution is -2.33. The van der Waals surface area contributed by atoms with E-state index in [1.165, 1.54) is 0 Å². The Morgan fingerprint density at radius 1 is 1.20 bits per heavy atom. The first-order valence-electron chi connectivity index (χ1n) is 7.32. The smallest absolute Gasteiger partial charge is 0.159 e. The molecule has 0 aliphatic rings. The van der Waals surface area contributed by atoms with Crippen molar-refractivity contribution in [3.05, 3.63) is 16.8 Å². The van der Waals surface area contributed by atoms with Gasteiger partial charge in [0.2, 0.25) is 0 Å². The molecule has 0 radical (unpaired) electrons. The molecule has 0 amide bonds. The van der Waals surface area contributed by atoms with Gasteiger partial charge in [0.05, 0.1) is 11.3 Å². The summed E-state index contributed by atoms with van der Waals surface area (Å²) in [6.07, 6.45) is 3.84. The van der Waals surface area contributed by atoms with E-state index < -0.39 is 0 Å². The lowest BCUT2D eigenvalue weighted by atomic mass is 9.97. The summed E-state index contributed by atoms with van der Waals surface area (Å²) in [6, 6.07) is 0. The van der Waals surface area contributed by atoms with Gasteiger partial charge in [0.15, 0.2) is 5.82 Å². The van der Waals surface area contributed by atoms with Crippen LogP contribution in [0.15, 0.2) is 0 Å². The SMILES string of the molecule is CCCC(C)(C)Nc1nnc(CC)c(CC)c1C(N)=S. The Kier molecular flexibility index (Phi) is 5.87. The van der Waals surface area contributed by atoms with Crippen molar-refractivity contribution in [2.24, 2.45) is 5.73 Å². The molecule has 0 fully saturated rings. The van der Waals surface area contributed by atoms with Crippen molar-refractivity contribution in [1.29, 1.82) is 0 Å². The Labute approximate surface area is 127 Å². The van der Waals surface area contributed by atoms with Crippen LogP contribution in [0.5, 0.6) is 0 Å². The van der Waals surface area contributed by atoms with Crippen molar-refractivity contribution in [2.45, 2.75) is 65.8 Å². The molecule has 0 atom stereocenters. The molecule has 0 spiro atoms. The molecule has 1 heterocycles. The summed E-state index contributed by atoms with van der Waals surface area (Å²) in [6.45, 7) is 10.6. The molecule has 3 N–H and O–H groups in total. The Balaban J connectivity index is 3.30. The fourth-order valence-corrected chi connectivity index (χ4v) is 2.75. The molecule has 0 saturated carbocycles. The highest BCUT2D eigenvalue weighted by Crippen LogP contribution is 2.25. The van der Waals surface area contributed by atoms with E-state index >= 15 is 0 Å². The second kappa shape index (κ2) is 6.97. The van der Waals surface area contributed by atoms with Crippen LogP contribution < -0.4 is 11.1 Å². The molecule has 5 heteroatoms. The number of thiocarbonyl (C=S) groups is 1. The van der Waals surface area contributed by atoms with Crippen LogP contribution in [0, 0.1) is 0 Å². The molecule has 0 aliphatic carbocycles. The van der Waals surface area contributed by atoms with Gasteiger partial charge in [-0.05, 0) is 38.7 Å². The third-order valence-corrected chi connectivity index (χ3v) is 3.63. The Morgan fingerprint density at radius 2 is 1.85 bits per heavy atom.